The molecule has 2 aromatic rings. The Kier molecular flexibility index (Phi) is 7.78. The van der Waals surface area contributed by atoms with E-state index in [0.717, 1.165) is 24.8 Å². The zero-order valence-corrected chi connectivity index (χ0v) is 22.8. The predicted octanol–water partition coefficient (Wildman–Crippen LogP) is 3.82. The summed E-state index contributed by atoms with van der Waals surface area (Å²) in [5.41, 5.74) is -0.579. The van der Waals surface area contributed by atoms with Crippen LogP contribution in [0.3, 0.4) is 0 Å². The van der Waals surface area contributed by atoms with Gasteiger partial charge in [-0.3, -0.25) is 14.4 Å². The minimum absolute atomic E-state index is 0.271. The second kappa shape index (κ2) is 11.1. The molecule has 2 bridgehead atoms. The fourth-order valence-electron chi connectivity index (χ4n) is 7.14. The fourth-order valence-corrected chi connectivity index (χ4v) is 7.14. The Bertz CT molecular complexity index is 1190. The summed E-state index contributed by atoms with van der Waals surface area (Å²) in [4.78, 5) is 43.8. The molecule has 5 rings (SSSR count). The number of anilines is 1. The highest BCUT2D eigenvalue weighted by Gasteiger charge is 2.79. The van der Waals surface area contributed by atoms with Gasteiger partial charge in [0, 0.05) is 12.2 Å². The summed E-state index contributed by atoms with van der Waals surface area (Å²) >= 11 is 0. The average molecular weight is 534 g/mol. The quantitative estimate of drug-likeness (QED) is 0.381. The molecule has 3 aliphatic heterocycles. The van der Waals surface area contributed by atoms with Crippen LogP contribution < -0.4 is 10.6 Å². The van der Waals surface area contributed by atoms with Gasteiger partial charge in [0.15, 0.2) is 0 Å². The molecule has 3 amide bonds. The van der Waals surface area contributed by atoms with Crippen LogP contribution in [0, 0.1) is 11.8 Å². The largest absolute Gasteiger partial charge is 0.394 e. The molecule has 3 fully saturated rings. The van der Waals surface area contributed by atoms with Crippen molar-refractivity contribution in [3.8, 4) is 0 Å². The van der Waals surface area contributed by atoms with E-state index < -0.39 is 35.1 Å². The summed E-state index contributed by atoms with van der Waals surface area (Å²) in [7, 11) is 0. The standard InChI is InChI=1S/C31H39N3O5/c1-3-5-12-19-32-28(37)26-31-18-17-30(4-2,39-31)24(27(36)33-22-15-10-7-11-16-22)25(31)29(38)34(26)23(20-35)21-13-8-6-9-14-21/h6-11,13-16,23-26,35H,3-5,12,17-20H2,1-2H3,(H,32,37)(H,33,36)/t23-,24-,25+,26?,30+,31?/m1/s1. The minimum atomic E-state index is -1.14. The first kappa shape index (κ1) is 27.3. The van der Waals surface area contributed by atoms with Gasteiger partial charge >= 0.3 is 0 Å². The number of ether oxygens (including phenoxy) is 1. The van der Waals surface area contributed by atoms with Crippen molar-refractivity contribution in [3.63, 3.8) is 0 Å². The van der Waals surface area contributed by atoms with E-state index in [-0.39, 0.29) is 24.3 Å². The third-order valence-corrected chi connectivity index (χ3v) is 8.96. The Hall–Kier alpha value is -3.23. The van der Waals surface area contributed by atoms with Crippen LogP contribution in [-0.2, 0) is 19.1 Å². The molecular weight excluding hydrogens is 494 g/mol. The van der Waals surface area contributed by atoms with Gasteiger partial charge < -0.3 is 25.4 Å². The number of carbonyl (C=O) groups excluding carboxylic acids is 3. The molecule has 8 heteroatoms. The zero-order chi connectivity index (χ0) is 27.6. The van der Waals surface area contributed by atoms with Gasteiger partial charge in [-0.2, -0.15) is 0 Å². The number of hydrogen-bond acceptors (Lipinski definition) is 5. The molecule has 3 aliphatic rings. The first-order chi connectivity index (χ1) is 18.9. The molecule has 3 saturated heterocycles. The van der Waals surface area contributed by atoms with Crippen molar-refractivity contribution >= 4 is 23.4 Å². The van der Waals surface area contributed by atoms with Gasteiger partial charge in [0.2, 0.25) is 17.7 Å². The summed E-state index contributed by atoms with van der Waals surface area (Å²) in [6.07, 6.45) is 4.49. The molecule has 2 unspecified atom stereocenters. The lowest BCUT2D eigenvalue weighted by Crippen LogP contribution is -2.56. The Morgan fingerprint density at radius 1 is 1.03 bits per heavy atom. The SMILES string of the molecule is CCCCCNC(=O)C1N([C@H](CO)c2ccccc2)C(=O)[C@@H]2[C@H](C(=O)Nc3ccccc3)[C@]3(CC)CCC12O3. The van der Waals surface area contributed by atoms with Crippen LogP contribution in [0.25, 0.3) is 0 Å². The van der Waals surface area contributed by atoms with Crippen molar-refractivity contribution in [1.82, 2.24) is 10.2 Å². The van der Waals surface area contributed by atoms with Gasteiger partial charge in [0.1, 0.15) is 11.6 Å². The average Bonchev–Trinajstić information content (AvgIpc) is 3.56. The third kappa shape index (κ3) is 4.53. The van der Waals surface area contributed by atoms with Gasteiger partial charge in [-0.05, 0) is 43.4 Å². The van der Waals surface area contributed by atoms with Gasteiger partial charge in [0.05, 0.1) is 30.1 Å². The molecule has 0 aromatic heterocycles. The summed E-state index contributed by atoms with van der Waals surface area (Å²) in [5, 5.41) is 16.6. The molecule has 208 valence electrons. The zero-order valence-electron chi connectivity index (χ0n) is 22.8. The predicted molar refractivity (Wildman–Crippen MR) is 148 cm³/mol. The van der Waals surface area contributed by atoms with Crippen LogP contribution >= 0.6 is 0 Å². The minimum Gasteiger partial charge on any atom is -0.394 e. The molecule has 0 aliphatic carbocycles. The van der Waals surface area contributed by atoms with E-state index >= 15 is 0 Å². The van der Waals surface area contributed by atoms with E-state index in [1.807, 2.05) is 67.6 Å². The molecule has 39 heavy (non-hydrogen) atoms. The molecular formula is C31H39N3O5. The maximum absolute atomic E-state index is 14.4. The van der Waals surface area contributed by atoms with Crippen LogP contribution in [-0.4, -0.2) is 58.1 Å². The molecule has 8 nitrogen and oxygen atoms in total. The Morgan fingerprint density at radius 3 is 2.36 bits per heavy atom. The summed E-state index contributed by atoms with van der Waals surface area (Å²) in [6, 6.07) is 16.8. The van der Waals surface area contributed by atoms with E-state index in [9.17, 15) is 19.5 Å². The summed E-state index contributed by atoms with van der Waals surface area (Å²) in [5.74, 6) is -2.44. The maximum Gasteiger partial charge on any atom is 0.245 e. The Labute approximate surface area is 230 Å². The van der Waals surface area contributed by atoms with E-state index in [1.165, 1.54) is 4.90 Å². The van der Waals surface area contributed by atoms with Gasteiger partial charge in [0.25, 0.3) is 0 Å². The van der Waals surface area contributed by atoms with Crippen molar-refractivity contribution in [2.75, 3.05) is 18.5 Å². The number of benzene rings is 2. The van der Waals surface area contributed by atoms with Gasteiger partial charge in [-0.1, -0.05) is 75.2 Å². The number of carbonyl (C=O) groups is 3. The van der Waals surface area contributed by atoms with Crippen molar-refractivity contribution in [1.29, 1.82) is 0 Å². The van der Waals surface area contributed by atoms with Crippen LogP contribution in [0.4, 0.5) is 5.69 Å². The third-order valence-electron chi connectivity index (χ3n) is 8.96. The van der Waals surface area contributed by atoms with Crippen molar-refractivity contribution in [2.45, 2.75) is 75.7 Å². The monoisotopic (exact) mass is 533 g/mol. The number of fused-ring (bicyclic) bond motifs is 1. The molecule has 3 heterocycles. The number of unbranched alkanes of at least 4 members (excludes halogenated alkanes) is 2. The van der Waals surface area contributed by atoms with Crippen LogP contribution in [0.15, 0.2) is 60.7 Å². The lowest BCUT2D eigenvalue weighted by molar-refractivity contribution is -0.150. The first-order valence-electron chi connectivity index (χ1n) is 14.2. The molecule has 6 atom stereocenters. The summed E-state index contributed by atoms with van der Waals surface area (Å²) in [6.45, 7) is 4.23. The Morgan fingerprint density at radius 2 is 1.72 bits per heavy atom. The number of aliphatic hydroxyl groups is 1. The number of nitrogens with zero attached hydrogens (tertiary/aromatic N) is 1. The lowest BCUT2D eigenvalue weighted by atomic mass is 9.65. The number of rotatable bonds is 11. The maximum atomic E-state index is 14.4. The fraction of sp³-hybridized carbons (Fsp3) is 0.516. The highest BCUT2D eigenvalue weighted by molar-refractivity contribution is 6.02. The number of hydrogen-bond donors (Lipinski definition) is 3. The molecule has 0 radical (unpaired) electrons. The number of likely N-dealkylation sites (tertiary alicyclic amines) is 1. The number of aliphatic hydroxyl groups excluding tert-OH is 1. The van der Waals surface area contributed by atoms with Gasteiger partial charge in [-0.15, -0.1) is 0 Å². The highest BCUT2D eigenvalue weighted by Crippen LogP contribution is 2.65. The van der Waals surface area contributed by atoms with Crippen LogP contribution in [0.2, 0.25) is 0 Å². The molecule has 3 N–H and O–H groups in total. The normalized spacial score (nSPS) is 29.8. The van der Waals surface area contributed by atoms with Crippen LogP contribution in [0.5, 0.6) is 0 Å². The number of nitrogens with one attached hydrogen (secondary N) is 2. The van der Waals surface area contributed by atoms with Crippen molar-refractivity contribution in [2.24, 2.45) is 11.8 Å². The van der Waals surface area contributed by atoms with E-state index in [0.29, 0.717) is 31.5 Å². The van der Waals surface area contributed by atoms with E-state index in [2.05, 4.69) is 17.6 Å². The van der Waals surface area contributed by atoms with E-state index in [1.54, 1.807) is 0 Å². The molecule has 0 saturated carbocycles. The smallest absolute Gasteiger partial charge is 0.245 e. The second-order valence-corrected chi connectivity index (χ2v) is 11.0. The van der Waals surface area contributed by atoms with Crippen LogP contribution in [0.1, 0.15) is 64.0 Å². The number of para-hydroxylation sites is 1. The highest BCUT2D eigenvalue weighted by atomic mass is 16.5. The molecule has 2 aromatic carbocycles. The topological polar surface area (TPSA) is 108 Å². The number of amides is 3. The molecule has 1 spiro atoms. The second-order valence-electron chi connectivity index (χ2n) is 11.0. The lowest BCUT2D eigenvalue weighted by Gasteiger charge is -2.37. The van der Waals surface area contributed by atoms with E-state index in [4.69, 9.17) is 4.74 Å². The van der Waals surface area contributed by atoms with Crippen molar-refractivity contribution in [3.05, 3.63) is 66.2 Å². The first-order valence-corrected chi connectivity index (χ1v) is 14.2. The van der Waals surface area contributed by atoms with Gasteiger partial charge in [-0.25, -0.2) is 0 Å². The summed E-state index contributed by atoms with van der Waals surface area (Å²) < 4.78 is 6.82. The van der Waals surface area contributed by atoms with Crippen molar-refractivity contribution < 1.29 is 24.2 Å². The Balaban J connectivity index is 1.55.